The third kappa shape index (κ3) is 2.59. The van der Waals surface area contributed by atoms with Crippen LogP contribution < -0.4 is 4.57 Å². The second kappa shape index (κ2) is 6.72. The van der Waals surface area contributed by atoms with Gasteiger partial charge in [-0.2, -0.15) is 13.9 Å². The minimum absolute atomic E-state index is 0.0398. The molecule has 6 heteroatoms. The molecule has 156 valence electrons. The van der Waals surface area contributed by atoms with E-state index in [2.05, 4.69) is 38.4 Å². The molecule has 32 heavy (non-hydrogen) atoms. The van der Waals surface area contributed by atoms with E-state index >= 15 is 0 Å². The summed E-state index contributed by atoms with van der Waals surface area (Å²) in [5.74, 6) is -0.624. The molecule has 0 saturated heterocycles. The van der Waals surface area contributed by atoms with Crippen molar-refractivity contribution in [1.29, 1.82) is 0 Å². The summed E-state index contributed by atoms with van der Waals surface area (Å²) in [7, 11) is 2.02. The van der Waals surface area contributed by atoms with E-state index in [-0.39, 0.29) is 11.1 Å². The van der Waals surface area contributed by atoms with Crippen LogP contribution >= 0.6 is 0 Å². The van der Waals surface area contributed by atoms with Crippen LogP contribution in [0.15, 0.2) is 77.2 Å². The Morgan fingerprint density at radius 3 is 2.50 bits per heavy atom. The molecule has 0 aliphatic rings. The first-order valence-corrected chi connectivity index (χ1v) is 10.3. The van der Waals surface area contributed by atoms with Crippen molar-refractivity contribution in [2.45, 2.75) is 6.92 Å². The fourth-order valence-corrected chi connectivity index (χ4v) is 4.55. The van der Waals surface area contributed by atoms with Crippen molar-refractivity contribution in [3.05, 3.63) is 90.1 Å². The zero-order chi connectivity index (χ0) is 22.0. The third-order valence-corrected chi connectivity index (χ3v) is 5.98. The molecule has 3 heterocycles. The number of furan rings is 1. The van der Waals surface area contributed by atoms with Crippen LogP contribution in [-0.2, 0) is 7.05 Å². The first-order chi connectivity index (χ1) is 15.5. The molecule has 0 bridgehead atoms. The molecule has 0 spiro atoms. The van der Waals surface area contributed by atoms with Gasteiger partial charge in [-0.25, -0.2) is 8.96 Å². The second-order valence-electron chi connectivity index (χ2n) is 7.91. The van der Waals surface area contributed by atoms with E-state index in [1.54, 1.807) is 0 Å². The molecular formula is C26H18F2N3O+. The number of aryl methyl sites for hydroxylation is 2. The van der Waals surface area contributed by atoms with E-state index in [1.165, 1.54) is 0 Å². The van der Waals surface area contributed by atoms with Gasteiger partial charge in [0.05, 0.1) is 18.0 Å². The highest BCUT2D eigenvalue weighted by Gasteiger charge is 2.28. The summed E-state index contributed by atoms with van der Waals surface area (Å²) in [5.41, 5.74) is 5.46. The number of imidazole rings is 1. The van der Waals surface area contributed by atoms with Crippen LogP contribution in [-0.4, -0.2) is 9.55 Å². The lowest BCUT2D eigenvalue weighted by molar-refractivity contribution is -0.633. The van der Waals surface area contributed by atoms with E-state index < -0.39 is 11.8 Å². The minimum Gasteiger partial charge on any atom is -0.437 e. The zero-order valence-corrected chi connectivity index (χ0v) is 17.4. The Balaban J connectivity index is 1.72. The van der Waals surface area contributed by atoms with Crippen LogP contribution in [0.25, 0.3) is 50.2 Å². The highest BCUT2D eigenvalue weighted by Crippen LogP contribution is 2.36. The van der Waals surface area contributed by atoms with Crippen molar-refractivity contribution < 1.29 is 17.8 Å². The predicted molar refractivity (Wildman–Crippen MR) is 120 cm³/mol. The van der Waals surface area contributed by atoms with Crippen molar-refractivity contribution in [2.24, 2.45) is 7.05 Å². The van der Waals surface area contributed by atoms with Gasteiger partial charge >= 0.3 is 0 Å². The maximum atomic E-state index is 14.5. The number of hydrogen-bond acceptors (Lipinski definition) is 2. The number of para-hydroxylation sites is 3. The highest BCUT2D eigenvalue weighted by atomic mass is 19.1. The Morgan fingerprint density at radius 2 is 1.69 bits per heavy atom. The maximum absolute atomic E-state index is 14.5. The fourth-order valence-electron chi connectivity index (χ4n) is 4.55. The lowest BCUT2D eigenvalue weighted by atomic mass is 10.0. The Hall–Kier alpha value is -4.06. The Morgan fingerprint density at radius 1 is 0.938 bits per heavy atom. The van der Waals surface area contributed by atoms with Gasteiger partial charge in [-0.15, -0.1) is 0 Å². The van der Waals surface area contributed by atoms with Gasteiger partial charge in [-0.1, -0.05) is 30.3 Å². The Bertz CT molecular complexity index is 1670. The molecule has 0 N–H and O–H groups in total. The van der Waals surface area contributed by atoms with E-state index in [9.17, 15) is 8.78 Å². The molecule has 0 aliphatic carbocycles. The normalized spacial score (nSPS) is 11.8. The summed E-state index contributed by atoms with van der Waals surface area (Å²) in [6.07, 6.45) is 0. The summed E-state index contributed by atoms with van der Waals surface area (Å²) in [5, 5.41) is 0.778. The van der Waals surface area contributed by atoms with Crippen LogP contribution in [0.5, 0.6) is 0 Å². The standard InChI is InChI=1S/C26H18F2N3O/c1-15-12-18-22(32-25-24(18)19(27)14-23(28)29-25)13-17(15)26-30(2)20-10-6-7-11-21(20)31(26)16-8-4-3-5-9-16/h3-14H,1-2H3/q+1. The van der Waals surface area contributed by atoms with Crippen LogP contribution in [0.4, 0.5) is 8.78 Å². The highest BCUT2D eigenvalue weighted by molar-refractivity contribution is 6.05. The van der Waals surface area contributed by atoms with Gasteiger partial charge in [0.25, 0.3) is 5.82 Å². The van der Waals surface area contributed by atoms with Crippen molar-refractivity contribution in [2.75, 3.05) is 0 Å². The lowest BCUT2D eigenvalue weighted by Gasteiger charge is -2.07. The molecule has 3 aromatic heterocycles. The van der Waals surface area contributed by atoms with Crippen LogP contribution in [0, 0.1) is 18.7 Å². The average Bonchev–Trinajstić information content (AvgIpc) is 3.28. The van der Waals surface area contributed by atoms with Gasteiger partial charge in [0.1, 0.15) is 17.1 Å². The maximum Gasteiger partial charge on any atom is 0.295 e. The fraction of sp³-hybridized carbons (Fsp3) is 0.0769. The SMILES string of the molecule is Cc1cc2c(cc1-c1n(-c3ccccc3)c3ccccc3[n+]1C)oc1nc(F)cc(F)c12. The number of rotatable bonds is 2. The first kappa shape index (κ1) is 18.7. The zero-order valence-electron chi connectivity index (χ0n) is 17.4. The number of aromatic nitrogens is 3. The van der Waals surface area contributed by atoms with Gasteiger partial charge in [0.2, 0.25) is 11.7 Å². The molecular weight excluding hydrogens is 408 g/mol. The predicted octanol–water partition coefficient (Wildman–Crippen LogP) is 6.00. The van der Waals surface area contributed by atoms with Crippen LogP contribution in [0.3, 0.4) is 0 Å². The molecule has 0 aliphatic heterocycles. The number of halogens is 2. The van der Waals surface area contributed by atoms with Gasteiger partial charge in [-0.3, -0.25) is 0 Å². The lowest BCUT2D eigenvalue weighted by Crippen LogP contribution is -2.30. The monoisotopic (exact) mass is 426 g/mol. The summed E-state index contributed by atoms with van der Waals surface area (Å²) < 4.78 is 38.3. The van der Waals surface area contributed by atoms with E-state index in [0.717, 1.165) is 39.7 Å². The molecule has 0 fully saturated rings. The largest absolute Gasteiger partial charge is 0.437 e. The van der Waals surface area contributed by atoms with Crippen molar-refractivity contribution >= 4 is 33.1 Å². The molecule has 3 aromatic carbocycles. The molecule has 0 atom stereocenters. The van der Waals surface area contributed by atoms with Gasteiger partial charge < -0.3 is 4.42 Å². The van der Waals surface area contributed by atoms with Crippen molar-refractivity contribution in [3.63, 3.8) is 0 Å². The van der Waals surface area contributed by atoms with E-state index in [4.69, 9.17) is 4.42 Å². The summed E-state index contributed by atoms with van der Waals surface area (Å²) in [4.78, 5) is 3.74. The summed E-state index contributed by atoms with van der Waals surface area (Å²) >= 11 is 0. The second-order valence-corrected chi connectivity index (χ2v) is 7.91. The number of fused-ring (bicyclic) bond motifs is 4. The molecule has 0 saturated carbocycles. The average molecular weight is 426 g/mol. The molecule has 6 aromatic rings. The van der Waals surface area contributed by atoms with Gasteiger partial charge in [-0.05, 0) is 48.9 Å². The first-order valence-electron chi connectivity index (χ1n) is 10.3. The van der Waals surface area contributed by atoms with Crippen molar-refractivity contribution in [1.82, 2.24) is 9.55 Å². The summed E-state index contributed by atoms with van der Waals surface area (Å²) in [6.45, 7) is 1.98. The quantitative estimate of drug-likeness (QED) is 0.251. The number of hydrogen-bond donors (Lipinski definition) is 0. The molecule has 0 amide bonds. The van der Waals surface area contributed by atoms with Gasteiger partial charge in [0, 0.05) is 11.5 Å². The van der Waals surface area contributed by atoms with Crippen LogP contribution in [0.1, 0.15) is 5.56 Å². The third-order valence-electron chi connectivity index (χ3n) is 5.98. The minimum atomic E-state index is -0.901. The topological polar surface area (TPSA) is 34.8 Å². The van der Waals surface area contributed by atoms with Gasteiger partial charge in [0.15, 0.2) is 11.0 Å². The Labute approximate surface area is 182 Å². The molecule has 0 radical (unpaired) electrons. The smallest absolute Gasteiger partial charge is 0.295 e. The van der Waals surface area contributed by atoms with E-state index in [1.807, 2.05) is 56.4 Å². The number of nitrogens with zero attached hydrogens (tertiary/aromatic N) is 3. The summed E-state index contributed by atoms with van der Waals surface area (Å²) in [6, 6.07) is 22.9. The van der Waals surface area contributed by atoms with Crippen LogP contribution in [0.2, 0.25) is 0 Å². The number of pyridine rings is 1. The molecule has 4 nitrogen and oxygen atoms in total. The van der Waals surface area contributed by atoms with Crippen molar-refractivity contribution in [3.8, 4) is 17.1 Å². The molecule has 0 unspecified atom stereocenters. The number of benzene rings is 3. The Kier molecular flexibility index (Phi) is 3.92. The van der Waals surface area contributed by atoms with E-state index in [0.29, 0.717) is 11.0 Å². The molecule has 6 rings (SSSR count).